The number of methoxy groups -OCH3 is 1. The van der Waals surface area contributed by atoms with Gasteiger partial charge in [-0.2, -0.15) is 0 Å². The van der Waals surface area contributed by atoms with Crippen LogP contribution in [-0.2, 0) is 14.2 Å². The summed E-state index contributed by atoms with van der Waals surface area (Å²) in [7, 11) is 1.50. The van der Waals surface area contributed by atoms with Gasteiger partial charge in [-0.05, 0) is 26.0 Å². The van der Waals surface area contributed by atoms with Gasteiger partial charge < -0.3 is 19.3 Å². The normalized spacial score (nSPS) is 10.8. The minimum atomic E-state index is -0.764. The van der Waals surface area contributed by atoms with Crippen LogP contribution in [0, 0.1) is 0 Å². The molecule has 0 fully saturated rings. The maximum Gasteiger partial charge on any atom is 0.339 e. The highest BCUT2D eigenvalue weighted by molar-refractivity contribution is 6.03. The van der Waals surface area contributed by atoms with E-state index in [9.17, 15) is 9.59 Å². The van der Waals surface area contributed by atoms with Crippen LogP contribution in [0.5, 0.6) is 0 Å². The number of esters is 2. The zero-order valence-electron chi connectivity index (χ0n) is 13.8. The molecule has 6 heteroatoms. The number of hydrogen-bond donors (Lipinski definition) is 1. The number of aliphatic hydroxyl groups is 1. The summed E-state index contributed by atoms with van der Waals surface area (Å²) in [5.74, 6) is -1.29. The Hall–Kier alpha value is -2.18. The van der Waals surface area contributed by atoms with Gasteiger partial charge in [0.25, 0.3) is 0 Å². The van der Waals surface area contributed by atoms with E-state index in [2.05, 4.69) is 6.58 Å². The van der Waals surface area contributed by atoms with Crippen LogP contribution in [0.4, 0.5) is 0 Å². The maximum absolute atomic E-state index is 11.8. The second-order valence-corrected chi connectivity index (χ2v) is 4.53. The zero-order chi connectivity index (χ0) is 17.7. The molecule has 128 valence electrons. The standard InChI is InChI=1S/C14H18O6.C3H6/c1-10(15)9-20-14(17)12-6-4-3-5-11(12)13(16)19-8-7-18-2;1-3-2/h3-6,10,15H,7-9H2,1-2H3;3H,1H2,2H3. The molecule has 1 unspecified atom stereocenters. The Morgan fingerprint density at radius 3 is 2.09 bits per heavy atom. The fourth-order valence-electron chi connectivity index (χ4n) is 1.41. The lowest BCUT2D eigenvalue weighted by Gasteiger charge is -2.10. The van der Waals surface area contributed by atoms with Crippen LogP contribution in [0.1, 0.15) is 34.6 Å². The number of carbonyl (C=O) groups is 2. The Balaban J connectivity index is 0.00000149. The number of rotatable bonds is 7. The molecular formula is C17H24O6. The minimum Gasteiger partial charge on any atom is -0.460 e. The average Bonchev–Trinajstić information content (AvgIpc) is 2.53. The fraction of sp³-hybridized carbons (Fsp3) is 0.412. The summed E-state index contributed by atoms with van der Waals surface area (Å²) in [6, 6.07) is 6.19. The van der Waals surface area contributed by atoms with Gasteiger partial charge in [-0.15, -0.1) is 6.58 Å². The molecule has 0 aliphatic rings. The molecule has 0 heterocycles. The van der Waals surface area contributed by atoms with Crippen LogP contribution < -0.4 is 0 Å². The van der Waals surface area contributed by atoms with E-state index in [1.54, 1.807) is 18.2 Å². The van der Waals surface area contributed by atoms with Crippen molar-refractivity contribution in [1.29, 1.82) is 0 Å². The molecule has 1 aromatic carbocycles. The third-order valence-electron chi connectivity index (χ3n) is 2.34. The van der Waals surface area contributed by atoms with E-state index in [1.165, 1.54) is 26.2 Å². The number of aliphatic hydroxyl groups excluding tert-OH is 1. The molecule has 0 spiro atoms. The van der Waals surface area contributed by atoms with Crippen LogP contribution in [-0.4, -0.2) is 50.1 Å². The predicted octanol–water partition coefficient (Wildman–Crippen LogP) is 2.22. The van der Waals surface area contributed by atoms with Crippen molar-refractivity contribution in [2.24, 2.45) is 0 Å². The van der Waals surface area contributed by atoms with Crippen molar-refractivity contribution in [3.05, 3.63) is 48.0 Å². The lowest BCUT2D eigenvalue weighted by Crippen LogP contribution is -2.19. The van der Waals surface area contributed by atoms with Gasteiger partial charge in [0, 0.05) is 7.11 Å². The van der Waals surface area contributed by atoms with Crippen molar-refractivity contribution in [2.45, 2.75) is 20.0 Å². The van der Waals surface area contributed by atoms with E-state index < -0.39 is 18.0 Å². The van der Waals surface area contributed by atoms with E-state index in [1.807, 2.05) is 6.92 Å². The first-order chi connectivity index (χ1) is 11.0. The first kappa shape index (κ1) is 20.8. The van der Waals surface area contributed by atoms with Crippen molar-refractivity contribution in [3.63, 3.8) is 0 Å². The minimum absolute atomic E-state index is 0.104. The second-order valence-electron chi connectivity index (χ2n) is 4.53. The molecule has 23 heavy (non-hydrogen) atoms. The predicted molar refractivity (Wildman–Crippen MR) is 86.4 cm³/mol. The van der Waals surface area contributed by atoms with Crippen molar-refractivity contribution in [3.8, 4) is 0 Å². The Morgan fingerprint density at radius 2 is 1.65 bits per heavy atom. The lowest BCUT2D eigenvalue weighted by molar-refractivity contribution is 0.0281. The van der Waals surface area contributed by atoms with Gasteiger partial charge >= 0.3 is 11.9 Å². The van der Waals surface area contributed by atoms with Crippen LogP contribution in [0.3, 0.4) is 0 Å². The monoisotopic (exact) mass is 324 g/mol. The molecule has 0 saturated heterocycles. The van der Waals surface area contributed by atoms with Gasteiger partial charge in [0.05, 0.1) is 23.8 Å². The average molecular weight is 324 g/mol. The van der Waals surface area contributed by atoms with Crippen molar-refractivity contribution < 1.29 is 28.9 Å². The third-order valence-corrected chi connectivity index (χ3v) is 2.34. The topological polar surface area (TPSA) is 82.1 Å². The number of benzene rings is 1. The lowest BCUT2D eigenvalue weighted by atomic mass is 10.1. The van der Waals surface area contributed by atoms with Crippen molar-refractivity contribution >= 4 is 11.9 Å². The van der Waals surface area contributed by atoms with E-state index >= 15 is 0 Å². The molecule has 0 aromatic heterocycles. The molecular weight excluding hydrogens is 300 g/mol. The summed E-state index contributed by atoms with van der Waals surface area (Å²) < 4.78 is 14.6. The first-order valence-electron chi connectivity index (χ1n) is 7.15. The smallest absolute Gasteiger partial charge is 0.339 e. The zero-order valence-corrected chi connectivity index (χ0v) is 13.8. The van der Waals surface area contributed by atoms with Crippen LogP contribution >= 0.6 is 0 Å². The fourth-order valence-corrected chi connectivity index (χ4v) is 1.41. The van der Waals surface area contributed by atoms with Gasteiger partial charge in [-0.1, -0.05) is 18.2 Å². The van der Waals surface area contributed by atoms with Crippen LogP contribution in [0.2, 0.25) is 0 Å². The molecule has 0 radical (unpaired) electrons. The quantitative estimate of drug-likeness (QED) is 0.470. The number of carbonyl (C=O) groups excluding carboxylic acids is 2. The van der Waals surface area contributed by atoms with E-state index in [0.717, 1.165) is 0 Å². The Kier molecular flexibility index (Phi) is 11.2. The highest BCUT2D eigenvalue weighted by Gasteiger charge is 2.19. The number of ether oxygens (including phenoxy) is 3. The summed E-state index contributed by atoms with van der Waals surface area (Å²) in [5.41, 5.74) is 0.231. The highest BCUT2D eigenvalue weighted by atomic mass is 16.6. The van der Waals surface area contributed by atoms with Crippen molar-refractivity contribution in [2.75, 3.05) is 26.9 Å². The molecule has 6 nitrogen and oxygen atoms in total. The molecule has 0 aliphatic heterocycles. The third kappa shape index (κ3) is 8.75. The summed E-state index contributed by atoms with van der Waals surface area (Å²) >= 11 is 0. The summed E-state index contributed by atoms with van der Waals surface area (Å²) in [5, 5.41) is 9.09. The highest BCUT2D eigenvalue weighted by Crippen LogP contribution is 2.12. The molecule has 0 amide bonds. The largest absolute Gasteiger partial charge is 0.460 e. The van der Waals surface area contributed by atoms with E-state index in [-0.39, 0.29) is 30.9 Å². The summed E-state index contributed by atoms with van der Waals surface area (Å²) in [6.45, 7) is 7.00. The van der Waals surface area contributed by atoms with Gasteiger partial charge in [-0.25, -0.2) is 9.59 Å². The van der Waals surface area contributed by atoms with Gasteiger partial charge in [-0.3, -0.25) is 0 Å². The van der Waals surface area contributed by atoms with Crippen LogP contribution in [0.25, 0.3) is 0 Å². The van der Waals surface area contributed by atoms with Gasteiger partial charge in [0.2, 0.25) is 0 Å². The number of hydrogen-bond acceptors (Lipinski definition) is 6. The second kappa shape index (κ2) is 12.4. The van der Waals surface area contributed by atoms with E-state index in [4.69, 9.17) is 19.3 Å². The molecule has 1 aromatic rings. The van der Waals surface area contributed by atoms with Crippen molar-refractivity contribution in [1.82, 2.24) is 0 Å². The Bertz CT molecular complexity index is 496. The summed E-state index contributed by atoms with van der Waals surface area (Å²) in [6.07, 6.45) is 0.986. The summed E-state index contributed by atoms with van der Waals surface area (Å²) in [4.78, 5) is 23.7. The van der Waals surface area contributed by atoms with Gasteiger partial charge in [0.15, 0.2) is 0 Å². The molecule has 1 N–H and O–H groups in total. The molecule has 0 bridgehead atoms. The van der Waals surface area contributed by atoms with Gasteiger partial charge in [0.1, 0.15) is 13.2 Å². The maximum atomic E-state index is 11.8. The molecule has 0 aliphatic carbocycles. The van der Waals surface area contributed by atoms with Crippen LogP contribution in [0.15, 0.2) is 36.9 Å². The molecule has 1 rings (SSSR count). The molecule has 0 saturated carbocycles. The first-order valence-corrected chi connectivity index (χ1v) is 7.15. The Morgan fingerprint density at radius 1 is 1.17 bits per heavy atom. The Labute approximate surface area is 136 Å². The SMILES string of the molecule is C=CC.COCCOC(=O)c1ccccc1C(=O)OCC(C)O. The molecule has 1 atom stereocenters. The van der Waals surface area contributed by atoms with E-state index in [0.29, 0.717) is 0 Å². The number of allylic oxidation sites excluding steroid dienone is 1.